The molecule has 2 aromatic heterocycles. The van der Waals surface area contributed by atoms with Crippen LogP contribution in [0.2, 0.25) is 0 Å². The first kappa shape index (κ1) is 18.4. The third kappa shape index (κ3) is 5.91. The van der Waals surface area contributed by atoms with Gasteiger partial charge < -0.3 is 20.4 Å². The maximum Gasteiger partial charge on any atom is 0.252 e. The van der Waals surface area contributed by atoms with Crippen molar-refractivity contribution in [1.82, 2.24) is 25.9 Å². The summed E-state index contributed by atoms with van der Waals surface area (Å²) in [6, 6.07) is 3.46. The molecule has 0 aromatic carbocycles. The number of rotatable bonds is 7. The average molecular weight is 344 g/mol. The Hall–Kier alpha value is -2.90. The third-order valence-electron chi connectivity index (χ3n) is 3.42. The Bertz CT molecular complexity index is 692. The smallest absolute Gasteiger partial charge is 0.252 e. The lowest BCUT2D eigenvalue weighted by Crippen LogP contribution is -2.41. The van der Waals surface area contributed by atoms with E-state index in [0.717, 1.165) is 18.0 Å². The molecular weight excluding hydrogens is 320 g/mol. The zero-order chi connectivity index (χ0) is 18.1. The van der Waals surface area contributed by atoms with E-state index < -0.39 is 0 Å². The van der Waals surface area contributed by atoms with Crippen LogP contribution in [-0.2, 0) is 6.54 Å². The molecule has 0 aliphatic rings. The molecule has 2 heterocycles. The number of aliphatic imine (C=N–C) groups is 1. The zero-order valence-corrected chi connectivity index (χ0v) is 14.8. The van der Waals surface area contributed by atoms with Crippen molar-refractivity contribution in [2.45, 2.75) is 27.3 Å². The summed E-state index contributed by atoms with van der Waals surface area (Å²) in [5.74, 6) is 1.88. The molecule has 3 N–H and O–H groups in total. The van der Waals surface area contributed by atoms with Crippen LogP contribution in [0.4, 0.5) is 0 Å². The summed E-state index contributed by atoms with van der Waals surface area (Å²) in [7, 11) is 0. The number of amides is 1. The Balaban J connectivity index is 1.79. The van der Waals surface area contributed by atoms with Crippen LogP contribution in [0.5, 0.6) is 0 Å². The van der Waals surface area contributed by atoms with Crippen molar-refractivity contribution in [3.8, 4) is 0 Å². The highest BCUT2D eigenvalue weighted by atomic mass is 16.4. The quantitative estimate of drug-likeness (QED) is 0.396. The highest BCUT2D eigenvalue weighted by Crippen LogP contribution is 2.08. The molecule has 0 bridgehead atoms. The summed E-state index contributed by atoms with van der Waals surface area (Å²) in [5.41, 5.74) is 1.42. The third-order valence-corrected chi connectivity index (χ3v) is 3.42. The fourth-order valence-corrected chi connectivity index (χ4v) is 2.05. The second kappa shape index (κ2) is 9.41. The number of guanidine groups is 1. The highest BCUT2D eigenvalue weighted by Gasteiger charge is 2.06. The minimum atomic E-state index is -0.150. The maximum absolute atomic E-state index is 11.9. The Morgan fingerprint density at radius 1 is 1.24 bits per heavy atom. The van der Waals surface area contributed by atoms with E-state index in [1.54, 1.807) is 18.3 Å². The second-order valence-corrected chi connectivity index (χ2v) is 5.37. The van der Waals surface area contributed by atoms with E-state index >= 15 is 0 Å². The van der Waals surface area contributed by atoms with Crippen LogP contribution in [0.25, 0.3) is 0 Å². The van der Waals surface area contributed by atoms with Crippen molar-refractivity contribution in [1.29, 1.82) is 0 Å². The van der Waals surface area contributed by atoms with Gasteiger partial charge in [-0.3, -0.25) is 9.78 Å². The van der Waals surface area contributed by atoms with Gasteiger partial charge in [0.05, 0.1) is 11.3 Å². The van der Waals surface area contributed by atoms with Gasteiger partial charge in [0, 0.05) is 32.0 Å². The van der Waals surface area contributed by atoms with Gasteiger partial charge in [0.1, 0.15) is 12.3 Å². The molecular formula is C17H24N6O2. The Morgan fingerprint density at radius 2 is 2.04 bits per heavy atom. The molecule has 8 nitrogen and oxygen atoms in total. The standard InChI is InChI=1S/C17H24N6O2/c1-4-19-17(22-11-15-23-12(2)13(3)25-15)21-9-8-20-16(24)14-6-5-7-18-10-14/h5-7,10H,4,8-9,11H2,1-3H3,(H,20,24)(H2,19,21,22). The molecule has 2 aromatic rings. The molecule has 0 atom stereocenters. The molecule has 0 aliphatic heterocycles. The van der Waals surface area contributed by atoms with E-state index in [4.69, 9.17) is 4.42 Å². The molecule has 134 valence electrons. The van der Waals surface area contributed by atoms with Gasteiger partial charge in [-0.15, -0.1) is 0 Å². The molecule has 0 spiro atoms. The fraction of sp³-hybridized carbons (Fsp3) is 0.412. The number of nitrogens with zero attached hydrogens (tertiary/aromatic N) is 3. The lowest BCUT2D eigenvalue weighted by molar-refractivity contribution is 0.0954. The van der Waals surface area contributed by atoms with Gasteiger partial charge in [0.15, 0.2) is 5.96 Å². The minimum Gasteiger partial charge on any atom is -0.444 e. The monoisotopic (exact) mass is 344 g/mol. The van der Waals surface area contributed by atoms with E-state index in [0.29, 0.717) is 37.0 Å². The Morgan fingerprint density at radius 3 is 2.68 bits per heavy atom. The molecule has 1 amide bonds. The molecule has 0 radical (unpaired) electrons. The Kier molecular flexibility index (Phi) is 6.94. The van der Waals surface area contributed by atoms with Gasteiger partial charge in [0.2, 0.25) is 5.89 Å². The number of pyridine rings is 1. The van der Waals surface area contributed by atoms with Gasteiger partial charge in [-0.05, 0) is 32.9 Å². The van der Waals surface area contributed by atoms with Gasteiger partial charge in [-0.25, -0.2) is 9.98 Å². The van der Waals surface area contributed by atoms with Gasteiger partial charge in [-0.2, -0.15) is 0 Å². The largest absolute Gasteiger partial charge is 0.444 e. The summed E-state index contributed by atoms with van der Waals surface area (Å²) in [6.45, 7) is 7.87. The molecule has 2 rings (SSSR count). The van der Waals surface area contributed by atoms with Crippen molar-refractivity contribution < 1.29 is 9.21 Å². The van der Waals surface area contributed by atoms with Crippen molar-refractivity contribution in [3.63, 3.8) is 0 Å². The number of nitrogens with one attached hydrogen (secondary N) is 3. The van der Waals surface area contributed by atoms with Crippen LogP contribution in [-0.4, -0.2) is 41.5 Å². The van der Waals surface area contributed by atoms with Crippen LogP contribution in [0.15, 0.2) is 33.9 Å². The van der Waals surface area contributed by atoms with E-state index in [1.807, 2.05) is 20.8 Å². The lowest BCUT2D eigenvalue weighted by Gasteiger charge is -2.11. The van der Waals surface area contributed by atoms with Crippen molar-refractivity contribution >= 4 is 11.9 Å². The van der Waals surface area contributed by atoms with E-state index in [9.17, 15) is 4.79 Å². The Labute approximate surface area is 147 Å². The SMILES string of the molecule is CCNC(=NCc1nc(C)c(C)o1)NCCNC(=O)c1cccnc1. The molecule has 0 fully saturated rings. The zero-order valence-electron chi connectivity index (χ0n) is 14.8. The van der Waals surface area contributed by atoms with Crippen molar-refractivity contribution in [2.24, 2.45) is 4.99 Å². The molecule has 0 unspecified atom stereocenters. The van der Waals surface area contributed by atoms with Crippen molar-refractivity contribution in [3.05, 3.63) is 47.4 Å². The minimum absolute atomic E-state index is 0.150. The summed E-state index contributed by atoms with van der Waals surface area (Å²) >= 11 is 0. The lowest BCUT2D eigenvalue weighted by atomic mass is 10.3. The maximum atomic E-state index is 11.9. The normalized spacial score (nSPS) is 11.2. The van der Waals surface area contributed by atoms with Crippen LogP contribution < -0.4 is 16.0 Å². The summed E-state index contributed by atoms with van der Waals surface area (Å²) in [4.78, 5) is 24.6. The number of oxazole rings is 1. The topological polar surface area (TPSA) is 104 Å². The highest BCUT2D eigenvalue weighted by molar-refractivity contribution is 5.93. The van der Waals surface area contributed by atoms with Crippen LogP contribution >= 0.6 is 0 Å². The summed E-state index contributed by atoms with van der Waals surface area (Å²) in [5, 5.41) is 9.13. The van der Waals surface area contributed by atoms with Crippen LogP contribution in [0, 0.1) is 13.8 Å². The first-order chi connectivity index (χ1) is 12.1. The van der Waals surface area contributed by atoms with Crippen LogP contribution in [0.3, 0.4) is 0 Å². The van der Waals surface area contributed by atoms with Crippen molar-refractivity contribution in [2.75, 3.05) is 19.6 Å². The number of aromatic nitrogens is 2. The summed E-state index contributed by atoms with van der Waals surface area (Å²) in [6.07, 6.45) is 3.17. The number of carbonyl (C=O) groups is 1. The fourth-order valence-electron chi connectivity index (χ4n) is 2.05. The molecule has 25 heavy (non-hydrogen) atoms. The van der Waals surface area contributed by atoms with Gasteiger partial charge in [0.25, 0.3) is 5.91 Å². The molecule has 8 heteroatoms. The first-order valence-electron chi connectivity index (χ1n) is 8.23. The van der Waals surface area contributed by atoms with E-state index in [2.05, 4.69) is 30.9 Å². The van der Waals surface area contributed by atoms with Gasteiger partial charge in [-0.1, -0.05) is 0 Å². The predicted molar refractivity (Wildman–Crippen MR) is 95.4 cm³/mol. The number of hydrogen-bond acceptors (Lipinski definition) is 5. The average Bonchev–Trinajstić information content (AvgIpc) is 2.95. The number of hydrogen-bond donors (Lipinski definition) is 3. The number of carbonyl (C=O) groups excluding carboxylic acids is 1. The number of aryl methyl sites for hydroxylation is 2. The molecule has 0 saturated carbocycles. The first-order valence-corrected chi connectivity index (χ1v) is 8.23. The van der Waals surface area contributed by atoms with E-state index in [-0.39, 0.29) is 5.91 Å². The molecule has 0 saturated heterocycles. The van der Waals surface area contributed by atoms with Gasteiger partial charge >= 0.3 is 0 Å². The molecule has 0 aliphatic carbocycles. The summed E-state index contributed by atoms with van der Waals surface area (Å²) < 4.78 is 5.51. The van der Waals surface area contributed by atoms with E-state index in [1.165, 1.54) is 6.20 Å². The predicted octanol–water partition coefficient (Wildman–Crippen LogP) is 1.17. The van der Waals surface area contributed by atoms with Crippen LogP contribution in [0.1, 0.15) is 34.6 Å². The second-order valence-electron chi connectivity index (χ2n) is 5.37.